The lowest BCUT2D eigenvalue weighted by atomic mass is 10.3. The molecule has 1 amide bonds. The summed E-state index contributed by atoms with van der Waals surface area (Å²) in [5.41, 5.74) is 0. The zero-order valence-corrected chi connectivity index (χ0v) is 8.63. The van der Waals surface area contributed by atoms with E-state index in [1.807, 2.05) is 32.8 Å². The number of amides is 1. The van der Waals surface area contributed by atoms with Crippen molar-refractivity contribution < 1.29 is 4.79 Å². The second-order valence-corrected chi connectivity index (χ2v) is 3.13. The van der Waals surface area contributed by atoms with Crippen LogP contribution in [0.5, 0.6) is 0 Å². The number of carbonyl (C=O) groups is 1. The van der Waals surface area contributed by atoms with Crippen molar-refractivity contribution in [3.63, 3.8) is 0 Å². The quantitative estimate of drug-likeness (QED) is 0.612. The Labute approximate surface area is 75.3 Å². The number of carbonyl (C=O) groups excluding carboxylic acids is 1. The predicted molar refractivity (Wildman–Crippen MR) is 51.1 cm³/mol. The van der Waals surface area contributed by atoms with Crippen molar-refractivity contribution in [1.82, 2.24) is 9.80 Å². The van der Waals surface area contributed by atoms with Crippen LogP contribution in [0.25, 0.3) is 0 Å². The number of rotatable bonds is 5. The second-order valence-electron chi connectivity index (χ2n) is 3.13. The molecular formula is C9H20N2O. The SMILES string of the molecule is CCC(=O)N(CC)CCN(C)C. The molecule has 0 bridgehead atoms. The normalized spacial score (nSPS) is 10.4. The lowest BCUT2D eigenvalue weighted by molar-refractivity contribution is -0.130. The standard InChI is InChI=1S/C9H20N2O/c1-5-9(12)11(6-2)8-7-10(3)4/h5-8H2,1-4H3. The van der Waals surface area contributed by atoms with Crippen LogP contribution < -0.4 is 0 Å². The maximum absolute atomic E-state index is 11.3. The van der Waals surface area contributed by atoms with Crippen molar-refractivity contribution in [2.75, 3.05) is 33.7 Å². The predicted octanol–water partition coefficient (Wildman–Crippen LogP) is 0.806. The first kappa shape index (κ1) is 11.4. The molecule has 0 aromatic carbocycles. The van der Waals surface area contributed by atoms with Gasteiger partial charge in [-0.1, -0.05) is 6.92 Å². The average molecular weight is 172 g/mol. The number of likely N-dealkylation sites (N-methyl/N-ethyl adjacent to an activating group) is 2. The number of nitrogens with zero attached hydrogens (tertiary/aromatic N) is 2. The summed E-state index contributed by atoms with van der Waals surface area (Å²) in [5.74, 6) is 0.249. The molecule has 0 fully saturated rings. The van der Waals surface area contributed by atoms with Gasteiger partial charge in [-0.25, -0.2) is 0 Å². The number of hydrogen-bond donors (Lipinski definition) is 0. The van der Waals surface area contributed by atoms with E-state index in [4.69, 9.17) is 0 Å². The number of hydrogen-bond acceptors (Lipinski definition) is 2. The van der Waals surface area contributed by atoms with Gasteiger partial charge in [0.25, 0.3) is 0 Å². The van der Waals surface area contributed by atoms with Gasteiger partial charge in [0.1, 0.15) is 0 Å². The fourth-order valence-electron chi connectivity index (χ4n) is 1.00. The van der Waals surface area contributed by atoms with E-state index in [2.05, 4.69) is 4.90 Å². The molecule has 0 aliphatic carbocycles. The minimum atomic E-state index is 0.249. The maximum atomic E-state index is 11.3. The van der Waals surface area contributed by atoms with Crippen molar-refractivity contribution in [1.29, 1.82) is 0 Å². The van der Waals surface area contributed by atoms with E-state index in [-0.39, 0.29) is 5.91 Å². The third-order valence-corrected chi connectivity index (χ3v) is 1.85. The first-order chi connectivity index (χ1) is 5.61. The van der Waals surface area contributed by atoms with E-state index in [9.17, 15) is 4.79 Å². The lowest BCUT2D eigenvalue weighted by Gasteiger charge is -2.22. The van der Waals surface area contributed by atoms with Crippen LogP contribution in [0.3, 0.4) is 0 Å². The van der Waals surface area contributed by atoms with E-state index in [0.717, 1.165) is 19.6 Å². The largest absolute Gasteiger partial charge is 0.342 e. The third-order valence-electron chi connectivity index (χ3n) is 1.85. The highest BCUT2D eigenvalue weighted by molar-refractivity contribution is 5.75. The molecule has 3 heteroatoms. The minimum Gasteiger partial charge on any atom is -0.342 e. The Bertz CT molecular complexity index is 134. The van der Waals surface area contributed by atoms with Crippen LogP contribution in [0.2, 0.25) is 0 Å². The van der Waals surface area contributed by atoms with Gasteiger partial charge >= 0.3 is 0 Å². The second kappa shape index (κ2) is 6.00. The van der Waals surface area contributed by atoms with Gasteiger partial charge in [-0.3, -0.25) is 4.79 Å². The van der Waals surface area contributed by atoms with Crippen molar-refractivity contribution in [3.8, 4) is 0 Å². The van der Waals surface area contributed by atoms with Gasteiger partial charge in [0.15, 0.2) is 0 Å². The van der Waals surface area contributed by atoms with Gasteiger partial charge in [0.2, 0.25) is 5.91 Å². The summed E-state index contributed by atoms with van der Waals surface area (Å²) in [5, 5.41) is 0. The monoisotopic (exact) mass is 172 g/mol. The molecule has 0 unspecified atom stereocenters. The first-order valence-corrected chi connectivity index (χ1v) is 4.54. The van der Waals surface area contributed by atoms with E-state index in [1.54, 1.807) is 0 Å². The summed E-state index contributed by atoms with van der Waals surface area (Å²) >= 11 is 0. The van der Waals surface area contributed by atoms with Crippen LogP contribution in [0.15, 0.2) is 0 Å². The van der Waals surface area contributed by atoms with E-state index >= 15 is 0 Å². The summed E-state index contributed by atoms with van der Waals surface area (Å²) in [6, 6.07) is 0. The molecule has 72 valence electrons. The fraction of sp³-hybridized carbons (Fsp3) is 0.889. The van der Waals surface area contributed by atoms with E-state index < -0.39 is 0 Å². The highest BCUT2D eigenvalue weighted by Gasteiger charge is 2.07. The molecule has 0 saturated carbocycles. The lowest BCUT2D eigenvalue weighted by Crippen LogP contribution is -2.35. The molecule has 0 aromatic heterocycles. The molecule has 0 saturated heterocycles. The van der Waals surface area contributed by atoms with E-state index in [0.29, 0.717) is 6.42 Å². The smallest absolute Gasteiger partial charge is 0.222 e. The van der Waals surface area contributed by atoms with Gasteiger partial charge in [0.05, 0.1) is 0 Å². The summed E-state index contributed by atoms with van der Waals surface area (Å²) in [7, 11) is 4.04. The molecule has 12 heavy (non-hydrogen) atoms. The topological polar surface area (TPSA) is 23.6 Å². The molecule has 0 radical (unpaired) electrons. The van der Waals surface area contributed by atoms with Crippen LogP contribution in [0, 0.1) is 0 Å². The molecule has 0 heterocycles. The van der Waals surface area contributed by atoms with Crippen molar-refractivity contribution >= 4 is 5.91 Å². The average Bonchev–Trinajstić information content (AvgIpc) is 2.04. The summed E-state index contributed by atoms with van der Waals surface area (Å²) in [6.45, 7) is 6.53. The van der Waals surface area contributed by atoms with Crippen molar-refractivity contribution in [2.24, 2.45) is 0 Å². The molecule has 0 aliphatic rings. The third kappa shape index (κ3) is 4.34. The molecule has 0 rings (SSSR count). The Morgan fingerprint density at radius 2 is 1.75 bits per heavy atom. The zero-order chi connectivity index (χ0) is 9.56. The van der Waals surface area contributed by atoms with Gasteiger partial charge < -0.3 is 9.80 Å². The summed E-state index contributed by atoms with van der Waals surface area (Å²) in [4.78, 5) is 15.2. The Morgan fingerprint density at radius 3 is 2.08 bits per heavy atom. The summed E-state index contributed by atoms with van der Waals surface area (Å²) < 4.78 is 0. The Morgan fingerprint density at radius 1 is 1.17 bits per heavy atom. The highest BCUT2D eigenvalue weighted by Crippen LogP contribution is 1.93. The molecule has 0 spiro atoms. The fourth-order valence-corrected chi connectivity index (χ4v) is 1.00. The molecule has 0 aromatic rings. The van der Waals surface area contributed by atoms with Crippen LogP contribution in [-0.4, -0.2) is 49.4 Å². The van der Waals surface area contributed by atoms with Crippen LogP contribution in [0.1, 0.15) is 20.3 Å². The van der Waals surface area contributed by atoms with Crippen LogP contribution in [-0.2, 0) is 4.79 Å². The van der Waals surface area contributed by atoms with Crippen molar-refractivity contribution in [2.45, 2.75) is 20.3 Å². The zero-order valence-electron chi connectivity index (χ0n) is 8.63. The van der Waals surface area contributed by atoms with Crippen LogP contribution >= 0.6 is 0 Å². The van der Waals surface area contributed by atoms with Gasteiger partial charge in [-0.05, 0) is 21.0 Å². The molecule has 3 nitrogen and oxygen atoms in total. The van der Waals surface area contributed by atoms with E-state index in [1.165, 1.54) is 0 Å². The Balaban J connectivity index is 3.75. The molecule has 0 aliphatic heterocycles. The van der Waals surface area contributed by atoms with Crippen molar-refractivity contribution in [3.05, 3.63) is 0 Å². The molecular weight excluding hydrogens is 152 g/mol. The summed E-state index contributed by atoms with van der Waals surface area (Å²) in [6.07, 6.45) is 0.612. The molecule has 0 atom stereocenters. The van der Waals surface area contributed by atoms with Gasteiger partial charge in [-0.2, -0.15) is 0 Å². The Kier molecular flexibility index (Phi) is 5.72. The maximum Gasteiger partial charge on any atom is 0.222 e. The van der Waals surface area contributed by atoms with Crippen LogP contribution in [0.4, 0.5) is 0 Å². The van der Waals surface area contributed by atoms with Gasteiger partial charge in [0, 0.05) is 26.1 Å². The first-order valence-electron chi connectivity index (χ1n) is 4.54. The Hall–Kier alpha value is -0.570. The highest BCUT2D eigenvalue weighted by atomic mass is 16.2. The van der Waals surface area contributed by atoms with Gasteiger partial charge in [-0.15, -0.1) is 0 Å². The minimum absolute atomic E-state index is 0.249. The molecule has 0 N–H and O–H groups in total.